The molecule has 1 N–H and O–H groups in total. The monoisotopic (exact) mass is 333 g/mol. The molecule has 3 atom stereocenters. The number of halogens is 1. The molecule has 0 saturated heterocycles. The smallest absolute Gasteiger partial charge is 0.137 e. The minimum atomic E-state index is -0.749. The van der Waals surface area contributed by atoms with E-state index in [1.165, 1.54) is 11.9 Å². The number of aromatic nitrogens is 3. The highest BCUT2D eigenvalue weighted by molar-refractivity contribution is 6.30. The van der Waals surface area contributed by atoms with E-state index in [0.29, 0.717) is 12.5 Å². The van der Waals surface area contributed by atoms with Crippen LogP contribution in [0.3, 0.4) is 0 Å². The normalized spacial score (nSPS) is 27.7. The van der Waals surface area contributed by atoms with Crippen LogP contribution in [0.25, 0.3) is 0 Å². The first kappa shape index (κ1) is 16.5. The average molecular weight is 334 g/mol. The highest BCUT2D eigenvalue weighted by Crippen LogP contribution is 2.46. The van der Waals surface area contributed by atoms with E-state index >= 15 is 0 Å². The molecule has 1 fully saturated rings. The fourth-order valence-corrected chi connectivity index (χ4v) is 4.22. The Kier molecular flexibility index (Phi) is 4.74. The summed E-state index contributed by atoms with van der Waals surface area (Å²) in [5, 5.41) is 16.5. The van der Waals surface area contributed by atoms with Crippen LogP contribution in [0.15, 0.2) is 36.9 Å². The van der Waals surface area contributed by atoms with Gasteiger partial charge in [0.1, 0.15) is 12.7 Å². The standard InChI is InChI=1S/C18H24ClN3O/c1-13(2)17-8-5-15(9-14-3-6-16(19)7-4-14)18(17,23)10-22-12-20-11-21-22/h3-4,6-7,11-13,15,17,23H,5,8-10H2,1-2H3/t15-,17+,18-/m0/s1. The van der Waals surface area contributed by atoms with E-state index in [0.717, 1.165) is 24.3 Å². The Morgan fingerprint density at radius 1 is 1.30 bits per heavy atom. The average Bonchev–Trinajstić information content (AvgIpc) is 3.10. The molecular formula is C18H24ClN3O. The van der Waals surface area contributed by atoms with Crippen molar-refractivity contribution in [2.24, 2.45) is 17.8 Å². The Bertz CT molecular complexity index is 626. The maximum absolute atomic E-state index is 11.6. The molecule has 3 rings (SSSR count). The molecule has 124 valence electrons. The van der Waals surface area contributed by atoms with Gasteiger partial charge < -0.3 is 5.11 Å². The summed E-state index contributed by atoms with van der Waals surface area (Å²) in [6.45, 7) is 4.90. The van der Waals surface area contributed by atoms with Crippen molar-refractivity contribution < 1.29 is 5.11 Å². The minimum Gasteiger partial charge on any atom is -0.387 e. The van der Waals surface area contributed by atoms with E-state index in [4.69, 9.17) is 11.6 Å². The molecule has 0 amide bonds. The summed E-state index contributed by atoms with van der Waals surface area (Å²) < 4.78 is 1.76. The zero-order chi connectivity index (χ0) is 16.4. The number of benzene rings is 1. The molecule has 0 spiro atoms. The van der Waals surface area contributed by atoms with Crippen LogP contribution in [-0.2, 0) is 13.0 Å². The van der Waals surface area contributed by atoms with Crippen LogP contribution in [0, 0.1) is 17.8 Å². The van der Waals surface area contributed by atoms with Crippen molar-refractivity contribution in [3.63, 3.8) is 0 Å². The maximum Gasteiger partial charge on any atom is 0.137 e. The van der Waals surface area contributed by atoms with Gasteiger partial charge in [-0.3, -0.25) is 4.68 Å². The molecule has 1 aliphatic carbocycles. The van der Waals surface area contributed by atoms with Gasteiger partial charge in [0.2, 0.25) is 0 Å². The summed E-state index contributed by atoms with van der Waals surface area (Å²) in [4.78, 5) is 4.01. The van der Waals surface area contributed by atoms with Gasteiger partial charge in [0.05, 0.1) is 12.1 Å². The summed E-state index contributed by atoms with van der Waals surface area (Å²) >= 11 is 5.98. The van der Waals surface area contributed by atoms with Gasteiger partial charge >= 0.3 is 0 Å². The molecule has 1 aromatic heterocycles. The van der Waals surface area contributed by atoms with E-state index in [1.807, 2.05) is 12.1 Å². The fourth-order valence-electron chi connectivity index (χ4n) is 4.10. The predicted octanol–water partition coefficient (Wildman–Crippen LogP) is 3.59. The maximum atomic E-state index is 11.6. The van der Waals surface area contributed by atoms with E-state index in [1.54, 1.807) is 11.0 Å². The summed E-state index contributed by atoms with van der Waals surface area (Å²) in [5.74, 6) is 0.947. The first-order chi connectivity index (χ1) is 11.0. The van der Waals surface area contributed by atoms with Crippen LogP contribution >= 0.6 is 11.6 Å². The van der Waals surface area contributed by atoms with Gasteiger partial charge in [-0.25, -0.2) is 4.98 Å². The van der Waals surface area contributed by atoms with Crippen molar-refractivity contribution >= 4 is 11.6 Å². The van der Waals surface area contributed by atoms with Crippen molar-refractivity contribution in [3.05, 3.63) is 47.5 Å². The zero-order valence-corrected chi connectivity index (χ0v) is 14.4. The molecule has 0 radical (unpaired) electrons. The second-order valence-electron chi connectivity index (χ2n) is 7.04. The van der Waals surface area contributed by atoms with Gasteiger partial charge in [-0.15, -0.1) is 0 Å². The van der Waals surface area contributed by atoms with Gasteiger partial charge in [-0.1, -0.05) is 37.6 Å². The number of hydrogen-bond acceptors (Lipinski definition) is 3. The second kappa shape index (κ2) is 6.62. The molecular weight excluding hydrogens is 310 g/mol. The molecule has 23 heavy (non-hydrogen) atoms. The quantitative estimate of drug-likeness (QED) is 0.909. The summed E-state index contributed by atoms with van der Waals surface area (Å²) in [7, 11) is 0. The van der Waals surface area contributed by atoms with Crippen molar-refractivity contribution in [1.29, 1.82) is 0 Å². The highest BCUT2D eigenvalue weighted by atomic mass is 35.5. The van der Waals surface area contributed by atoms with Gasteiger partial charge in [-0.05, 0) is 54.7 Å². The molecule has 2 aromatic rings. The Labute approximate surface area is 142 Å². The summed E-state index contributed by atoms with van der Waals surface area (Å²) in [6.07, 6.45) is 6.17. The molecule has 1 saturated carbocycles. The third kappa shape index (κ3) is 3.43. The molecule has 0 unspecified atom stereocenters. The van der Waals surface area contributed by atoms with Crippen molar-refractivity contribution in [1.82, 2.24) is 14.8 Å². The topological polar surface area (TPSA) is 50.9 Å². The molecule has 1 aromatic carbocycles. The number of nitrogens with zero attached hydrogens (tertiary/aromatic N) is 3. The van der Waals surface area contributed by atoms with Crippen molar-refractivity contribution in [2.75, 3.05) is 0 Å². The molecule has 1 heterocycles. The first-order valence-corrected chi connectivity index (χ1v) is 8.66. The van der Waals surface area contributed by atoms with E-state index in [-0.39, 0.29) is 11.8 Å². The lowest BCUT2D eigenvalue weighted by atomic mass is 9.76. The zero-order valence-electron chi connectivity index (χ0n) is 13.7. The molecule has 0 aliphatic heterocycles. The van der Waals surface area contributed by atoms with Gasteiger partial charge in [0.25, 0.3) is 0 Å². The van der Waals surface area contributed by atoms with Crippen molar-refractivity contribution in [2.45, 2.75) is 45.3 Å². The summed E-state index contributed by atoms with van der Waals surface area (Å²) in [5.41, 5.74) is 0.474. The minimum absolute atomic E-state index is 0.222. The van der Waals surface area contributed by atoms with E-state index < -0.39 is 5.60 Å². The van der Waals surface area contributed by atoms with Gasteiger partial charge in [-0.2, -0.15) is 5.10 Å². The first-order valence-electron chi connectivity index (χ1n) is 8.28. The van der Waals surface area contributed by atoms with Crippen LogP contribution < -0.4 is 0 Å². The van der Waals surface area contributed by atoms with Crippen LogP contribution in [-0.4, -0.2) is 25.5 Å². The Balaban J connectivity index is 1.83. The van der Waals surface area contributed by atoms with Crippen LogP contribution in [0.2, 0.25) is 5.02 Å². The highest BCUT2D eigenvalue weighted by Gasteiger charge is 2.50. The number of aliphatic hydroxyl groups is 1. The van der Waals surface area contributed by atoms with E-state index in [9.17, 15) is 5.11 Å². The lowest BCUT2D eigenvalue weighted by Gasteiger charge is -2.37. The Hall–Kier alpha value is -1.39. The third-order valence-corrected chi connectivity index (χ3v) is 5.51. The molecule has 5 heteroatoms. The third-order valence-electron chi connectivity index (χ3n) is 5.26. The van der Waals surface area contributed by atoms with Gasteiger partial charge in [0.15, 0.2) is 0 Å². The van der Waals surface area contributed by atoms with Gasteiger partial charge in [0, 0.05) is 5.02 Å². The lowest BCUT2D eigenvalue weighted by molar-refractivity contribution is -0.0667. The van der Waals surface area contributed by atoms with Crippen LogP contribution in [0.4, 0.5) is 0 Å². The summed E-state index contributed by atoms with van der Waals surface area (Å²) in [6, 6.07) is 7.95. The molecule has 4 nitrogen and oxygen atoms in total. The van der Waals surface area contributed by atoms with Crippen LogP contribution in [0.1, 0.15) is 32.3 Å². The SMILES string of the molecule is CC(C)[C@H]1CC[C@@H](Cc2ccc(Cl)cc2)[C@@]1(O)Cn1cncn1. The predicted molar refractivity (Wildman–Crippen MR) is 91.2 cm³/mol. The fraction of sp³-hybridized carbons (Fsp3) is 0.556. The largest absolute Gasteiger partial charge is 0.387 e. The Morgan fingerprint density at radius 2 is 2.04 bits per heavy atom. The number of hydrogen-bond donors (Lipinski definition) is 1. The Morgan fingerprint density at radius 3 is 2.65 bits per heavy atom. The molecule has 1 aliphatic rings. The molecule has 0 bridgehead atoms. The number of rotatable bonds is 5. The van der Waals surface area contributed by atoms with E-state index in [2.05, 4.69) is 36.1 Å². The lowest BCUT2D eigenvalue weighted by Crippen LogP contribution is -2.46. The van der Waals surface area contributed by atoms with Crippen LogP contribution in [0.5, 0.6) is 0 Å². The second-order valence-corrected chi connectivity index (χ2v) is 7.48. The van der Waals surface area contributed by atoms with Crippen molar-refractivity contribution in [3.8, 4) is 0 Å².